The van der Waals surface area contributed by atoms with E-state index in [9.17, 15) is 4.79 Å². The highest BCUT2D eigenvalue weighted by Crippen LogP contribution is 2.13. The zero-order chi connectivity index (χ0) is 12.1. The average molecular weight is 234 g/mol. The number of nitrogens with two attached hydrogens (primary N) is 1. The largest absolute Gasteiger partial charge is 0.381 e. The van der Waals surface area contributed by atoms with E-state index in [1.807, 2.05) is 24.3 Å². The summed E-state index contributed by atoms with van der Waals surface area (Å²) in [6.07, 6.45) is 0.824. The van der Waals surface area contributed by atoms with Gasteiger partial charge in [0.15, 0.2) is 0 Å². The van der Waals surface area contributed by atoms with Crippen LogP contribution in [0.15, 0.2) is 24.3 Å². The van der Waals surface area contributed by atoms with Crippen molar-refractivity contribution >= 4 is 5.91 Å². The molecule has 2 rings (SSSR count). The van der Waals surface area contributed by atoms with Crippen LogP contribution in [0.4, 0.5) is 0 Å². The minimum absolute atomic E-state index is 0.0139. The van der Waals surface area contributed by atoms with E-state index in [0.717, 1.165) is 17.5 Å². The number of hydrogen-bond acceptors (Lipinski definition) is 3. The second-order valence-corrected chi connectivity index (χ2v) is 4.25. The highest BCUT2D eigenvalue weighted by Gasteiger charge is 2.23. The van der Waals surface area contributed by atoms with Crippen LogP contribution in [-0.4, -0.2) is 19.1 Å². The Morgan fingerprint density at radius 3 is 2.82 bits per heavy atom. The molecule has 0 saturated carbocycles. The number of hydrogen-bond donors (Lipinski definition) is 2. The Labute approximate surface area is 101 Å². The van der Waals surface area contributed by atoms with Crippen molar-refractivity contribution in [2.45, 2.75) is 19.5 Å². The molecule has 0 bridgehead atoms. The first-order valence-electron chi connectivity index (χ1n) is 5.93. The Kier molecular flexibility index (Phi) is 4.12. The summed E-state index contributed by atoms with van der Waals surface area (Å²) in [4.78, 5) is 11.8. The van der Waals surface area contributed by atoms with E-state index >= 15 is 0 Å². The van der Waals surface area contributed by atoms with Gasteiger partial charge in [0.25, 0.3) is 0 Å². The van der Waals surface area contributed by atoms with E-state index in [2.05, 4.69) is 5.32 Å². The Morgan fingerprint density at radius 1 is 1.41 bits per heavy atom. The van der Waals surface area contributed by atoms with Crippen molar-refractivity contribution in [2.75, 3.05) is 13.2 Å². The Hall–Kier alpha value is -1.39. The molecule has 1 amide bonds. The molecule has 1 aromatic rings. The maximum absolute atomic E-state index is 11.8. The molecule has 0 spiro atoms. The molecule has 3 N–H and O–H groups in total. The highest BCUT2D eigenvalue weighted by molar-refractivity contribution is 5.79. The maximum Gasteiger partial charge on any atom is 0.225 e. The van der Waals surface area contributed by atoms with E-state index in [0.29, 0.717) is 26.3 Å². The highest BCUT2D eigenvalue weighted by atomic mass is 16.5. The molecule has 0 aliphatic carbocycles. The van der Waals surface area contributed by atoms with E-state index < -0.39 is 0 Å². The number of ether oxygens (including phenoxy) is 1. The zero-order valence-electron chi connectivity index (χ0n) is 9.82. The van der Waals surface area contributed by atoms with Gasteiger partial charge in [-0.3, -0.25) is 4.79 Å². The molecule has 4 nitrogen and oxygen atoms in total. The quantitative estimate of drug-likeness (QED) is 0.810. The topological polar surface area (TPSA) is 64.3 Å². The first-order valence-corrected chi connectivity index (χ1v) is 5.93. The summed E-state index contributed by atoms with van der Waals surface area (Å²) in [6.45, 7) is 2.28. The molecule has 1 aliphatic heterocycles. The fourth-order valence-electron chi connectivity index (χ4n) is 2.00. The molecule has 0 radical (unpaired) electrons. The number of rotatable bonds is 4. The van der Waals surface area contributed by atoms with Crippen LogP contribution in [0.25, 0.3) is 0 Å². The van der Waals surface area contributed by atoms with Gasteiger partial charge in [-0.05, 0) is 17.5 Å². The van der Waals surface area contributed by atoms with Gasteiger partial charge in [0.05, 0.1) is 12.5 Å². The normalized spacial score (nSPS) is 19.2. The Balaban J connectivity index is 1.90. The van der Waals surface area contributed by atoms with Crippen molar-refractivity contribution in [2.24, 2.45) is 11.7 Å². The van der Waals surface area contributed by atoms with Crippen molar-refractivity contribution < 1.29 is 9.53 Å². The van der Waals surface area contributed by atoms with Gasteiger partial charge in [0.1, 0.15) is 0 Å². The molecule has 1 atom stereocenters. The summed E-state index contributed by atoms with van der Waals surface area (Å²) in [5.41, 5.74) is 7.81. The predicted octanol–water partition coefficient (Wildman–Crippen LogP) is 0.798. The molecular formula is C13H18N2O2. The molecule has 1 aromatic carbocycles. The van der Waals surface area contributed by atoms with Crippen molar-refractivity contribution in [1.29, 1.82) is 0 Å². The van der Waals surface area contributed by atoms with E-state index in [4.69, 9.17) is 10.5 Å². The van der Waals surface area contributed by atoms with Crippen LogP contribution in [0.5, 0.6) is 0 Å². The van der Waals surface area contributed by atoms with Crippen molar-refractivity contribution in [3.05, 3.63) is 35.4 Å². The molecule has 0 aromatic heterocycles. The molecule has 1 fully saturated rings. The van der Waals surface area contributed by atoms with Crippen molar-refractivity contribution in [3.8, 4) is 0 Å². The number of benzene rings is 1. The predicted molar refractivity (Wildman–Crippen MR) is 65.1 cm³/mol. The Bertz CT molecular complexity index is 387. The molecule has 92 valence electrons. The van der Waals surface area contributed by atoms with Crippen LogP contribution in [0.1, 0.15) is 17.5 Å². The van der Waals surface area contributed by atoms with Crippen LogP contribution in [-0.2, 0) is 22.6 Å². The summed E-state index contributed by atoms with van der Waals surface area (Å²) in [5, 5.41) is 2.94. The number of nitrogens with one attached hydrogen (secondary N) is 1. The lowest BCUT2D eigenvalue weighted by Gasteiger charge is -2.11. The third kappa shape index (κ3) is 3.05. The van der Waals surface area contributed by atoms with E-state index in [1.165, 1.54) is 0 Å². The standard InChI is InChI=1S/C13H18N2O2/c14-7-10-3-1-2-4-11(10)8-15-13(16)12-5-6-17-9-12/h1-4,12H,5-9,14H2,(H,15,16). The van der Waals surface area contributed by atoms with Gasteiger partial charge in [0, 0.05) is 19.7 Å². The number of carbonyl (C=O) groups is 1. The minimum Gasteiger partial charge on any atom is -0.381 e. The van der Waals surface area contributed by atoms with Crippen LogP contribution in [0.3, 0.4) is 0 Å². The molecular weight excluding hydrogens is 216 g/mol. The number of carbonyl (C=O) groups excluding carboxylic acids is 1. The lowest BCUT2D eigenvalue weighted by atomic mass is 10.1. The van der Waals surface area contributed by atoms with E-state index in [1.54, 1.807) is 0 Å². The van der Waals surface area contributed by atoms with Gasteiger partial charge in [-0.1, -0.05) is 24.3 Å². The van der Waals surface area contributed by atoms with Crippen LogP contribution in [0, 0.1) is 5.92 Å². The summed E-state index contributed by atoms with van der Waals surface area (Å²) in [5.74, 6) is 0.0920. The molecule has 1 heterocycles. The first-order chi connectivity index (χ1) is 8.31. The summed E-state index contributed by atoms with van der Waals surface area (Å²) < 4.78 is 5.19. The van der Waals surface area contributed by atoms with Gasteiger partial charge in [-0.25, -0.2) is 0 Å². The second-order valence-electron chi connectivity index (χ2n) is 4.25. The molecule has 1 aliphatic rings. The zero-order valence-corrected chi connectivity index (χ0v) is 9.82. The minimum atomic E-state index is 0.0139. The molecule has 1 saturated heterocycles. The number of amides is 1. The molecule has 17 heavy (non-hydrogen) atoms. The van der Waals surface area contributed by atoms with Crippen LogP contribution < -0.4 is 11.1 Å². The smallest absolute Gasteiger partial charge is 0.225 e. The summed E-state index contributed by atoms with van der Waals surface area (Å²) in [7, 11) is 0. The van der Waals surface area contributed by atoms with Crippen molar-refractivity contribution in [3.63, 3.8) is 0 Å². The van der Waals surface area contributed by atoms with Gasteiger partial charge >= 0.3 is 0 Å². The fourth-order valence-corrected chi connectivity index (χ4v) is 2.00. The van der Waals surface area contributed by atoms with Gasteiger partial charge in [-0.2, -0.15) is 0 Å². The molecule has 4 heteroatoms. The average Bonchev–Trinajstić information content (AvgIpc) is 2.90. The SMILES string of the molecule is NCc1ccccc1CNC(=O)C1CCOC1. The van der Waals surface area contributed by atoms with Gasteiger partial charge in [0.2, 0.25) is 5.91 Å². The van der Waals surface area contributed by atoms with Gasteiger partial charge in [-0.15, -0.1) is 0 Å². The third-order valence-corrected chi connectivity index (χ3v) is 3.09. The fraction of sp³-hybridized carbons (Fsp3) is 0.462. The van der Waals surface area contributed by atoms with E-state index in [-0.39, 0.29) is 11.8 Å². The second kappa shape index (κ2) is 5.80. The Morgan fingerprint density at radius 2 is 2.18 bits per heavy atom. The molecule has 1 unspecified atom stereocenters. The first kappa shape index (κ1) is 12.1. The van der Waals surface area contributed by atoms with Crippen LogP contribution in [0.2, 0.25) is 0 Å². The van der Waals surface area contributed by atoms with Gasteiger partial charge < -0.3 is 15.8 Å². The summed E-state index contributed by atoms with van der Waals surface area (Å²) >= 11 is 0. The lowest BCUT2D eigenvalue weighted by Crippen LogP contribution is -2.30. The maximum atomic E-state index is 11.8. The van der Waals surface area contributed by atoms with Crippen LogP contribution >= 0.6 is 0 Å². The monoisotopic (exact) mass is 234 g/mol. The third-order valence-electron chi connectivity index (χ3n) is 3.09. The summed E-state index contributed by atoms with van der Waals surface area (Å²) in [6, 6.07) is 7.89. The van der Waals surface area contributed by atoms with Crippen molar-refractivity contribution in [1.82, 2.24) is 5.32 Å². The lowest BCUT2D eigenvalue weighted by molar-refractivity contribution is -0.125.